The van der Waals surface area contributed by atoms with Crippen LogP contribution in [0.3, 0.4) is 0 Å². The molecule has 4 nitrogen and oxygen atoms in total. The van der Waals surface area contributed by atoms with Gasteiger partial charge in [-0.25, -0.2) is 0 Å². The summed E-state index contributed by atoms with van der Waals surface area (Å²) in [5, 5.41) is 25.6. The Kier molecular flexibility index (Phi) is 4.07. The molecule has 1 aromatic rings. The average Bonchev–Trinajstić information content (AvgIpc) is 3.43. The van der Waals surface area contributed by atoms with Crippen molar-refractivity contribution in [2.24, 2.45) is 5.92 Å². The Morgan fingerprint density at radius 3 is 2.61 bits per heavy atom. The zero-order valence-corrected chi connectivity index (χ0v) is 15.9. The maximum absolute atomic E-state index is 13.4. The van der Waals surface area contributed by atoms with Crippen molar-refractivity contribution in [2.45, 2.75) is 61.8 Å². The molecule has 4 aliphatic rings. The van der Waals surface area contributed by atoms with Crippen LogP contribution in [0.4, 0.5) is 13.2 Å². The summed E-state index contributed by atoms with van der Waals surface area (Å²) in [6, 6.07) is 2.28. The molecule has 154 valence electrons. The highest BCUT2D eigenvalue weighted by Crippen LogP contribution is 2.57. The van der Waals surface area contributed by atoms with Crippen molar-refractivity contribution in [3.63, 3.8) is 0 Å². The van der Waals surface area contributed by atoms with Crippen molar-refractivity contribution < 1.29 is 23.4 Å². The van der Waals surface area contributed by atoms with Crippen LogP contribution in [0, 0.1) is 5.92 Å². The largest absolute Gasteiger partial charge is 0.507 e. The molecule has 0 aromatic heterocycles. The Bertz CT molecular complexity index is 795. The number of alkyl halides is 3. The number of rotatable bonds is 2. The van der Waals surface area contributed by atoms with Gasteiger partial charge >= 0.3 is 6.18 Å². The molecular formula is C21H27F3N2O2. The molecule has 2 aliphatic heterocycles. The molecule has 0 amide bonds. The van der Waals surface area contributed by atoms with Gasteiger partial charge in [-0.2, -0.15) is 13.2 Å². The molecule has 28 heavy (non-hydrogen) atoms. The lowest BCUT2D eigenvalue weighted by Crippen LogP contribution is -2.71. The number of nitrogens with one attached hydrogen (secondary N) is 1. The van der Waals surface area contributed by atoms with Crippen molar-refractivity contribution in [3.8, 4) is 5.75 Å². The van der Waals surface area contributed by atoms with Gasteiger partial charge in [0.05, 0.1) is 11.2 Å². The Morgan fingerprint density at radius 2 is 1.89 bits per heavy atom. The van der Waals surface area contributed by atoms with Gasteiger partial charge in [0.1, 0.15) is 5.75 Å². The van der Waals surface area contributed by atoms with E-state index in [2.05, 4.69) is 10.2 Å². The quantitative estimate of drug-likeness (QED) is 0.720. The van der Waals surface area contributed by atoms with E-state index < -0.39 is 28.5 Å². The van der Waals surface area contributed by atoms with Crippen LogP contribution in [0.5, 0.6) is 5.75 Å². The second-order valence-corrected chi connectivity index (χ2v) is 9.19. The third kappa shape index (κ3) is 2.62. The number of piperidine rings is 1. The summed E-state index contributed by atoms with van der Waals surface area (Å²) in [6.45, 7) is 3.20. The molecule has 1 saturated carbocycles. The molecule has 2 aliphatic carbocycles. The standard InChI is InChI=1S/C21H27F3N2O2/c22-21(23,24)16-9-14-10-18-20(28)4-7-25-6-3-19(20,15(14)11-17(16)27)5-8-26(18)12-13-1-2-13/h9,11,13,18,25,27-28H,1-8,10,12H2. The lowest BCUT2D eigenvalue weighted by molar-refractivity contribution is -0.149. The maximum Gasteiger partial charge on any atom is 0.419 e. The normalized spacial score (nSPS) is 35.8. The van der Waals surface area contributed by atoms with Crippen LogP contribution in [-0.4, -0.2) is 52.9 Å². The molecule has 0 radical (unpaired) electrons. The summed E-state index contributed by atoms with van der Waals surface area (Å²) in [5.74, 6) is -0.0639. The van der Waals surface area contributed by atoms with Gasteiger partial charge in [0.25, 0.3) is 0 Å². The van der Waals surface area contributed by atoms with Crippen molar-refractivity contribution in [1.29, 1.82) is 0 Å². The third-order valence-electron chi connectivity index (χ3n) is 7.70. The van der Waals surface area contributed by atoms with E-state index in [1.54, 1.807) is 0 Å². The fraction of sp³-hybridized carbons (Fsp3) is 0.714. The molecular weight excluding hydrogens is 369 g/mol. The Balaban J connectivity index is 1.66. The number of fused-ring (bicyclic) bond motifs is 1. The second-order valence-electron chi connectivity index (χ2n) is 9.19. The number of nitrogens with zero attached hydrogens (tertiary/aromatic N) is 1. The minimum absolute atomic E-state index is 0.167. The molecule has 0 spiro atoms. The van der Waals surface area contributed by atoms with Crippen LogP contribution in [0.1, 0.15) is 48.8 Å². The predicted octanol–water partition coefficient (Wildman–Crippen LogP) is 2.80. The van der Waals surface area contributed by atoms with Crippen molar-refractivity contribution in [1.82, 2.24) is 10.2 Å². The number of hydrogen-bond acceptors (Lipinski definition) is 4. The Labute approximate surface area is 162 Å². The van der Waals surface area contributed by atoms with Crippen LogP contribution in [-0.2, 0) is 18.0 Å². The molecule has 2 bridgehead atoms. The van der Waals surface area contributed by atoms with E-state index in [0.29, 0.717) is 43.7 Å². The van der Waals surface area contributed by atoms with Crippen LogP contribution in [0.15, 0.2) is 12.1 Å². The molecule has 3 atom stereocenters. The number of hydrogen-bond donors (Lipinski definition) is 3. The van der Waals surface area contributed by atoms with Crippen LogP contribution >= 0.6 is 0 Å². The number of phenolic OH excluding ortho intramolecular Hbond substituents is 1. The molecule has 3 unspecified atom stereocenters. The highest BCUT2D eigenvalue weighted by molar-refractivity contribution is 5.52. The van der Waals surface area contributed by atoms with Crippen LogP contribution in [0.2, 0.25) is 0 Å². The summed E-state index contributed by atoms with van der Waals surface area (Å²) >= 11 is 0. The van der Waals surface area contributed by atoms with E-state index in [1.807, 2.05) is 0 Å². The predicted molar refractivity (Wildman–Crippen MR) is 98.2 cm³/mol. The summed E-state index contributed by atoms with van der Waals surface area (Å²) in [6.07, 6.45) is 0.206. The van der Waals surface area contributed by atoms with Crippen molar-refractivity contribution in [2.75, 3.05) is 26.2 Å². The van der Waals surface area contributed by atoms with Gasteiger partial charge in [0.15, 0.2) is 0 Å². The van der Waals surface area contributed by atoms with Gasteiger partial charge in [-0.3, -0.25) is 4.90 Å². The number of aromatic hydroxyl groups is 1. The van der Waals surface area contributed by atoms with Gasteiger partial charge in [-0.15, -0.1) is 0 Å². The number of benzene rings is 1. The molecule has 1 aromatic carbocycles. The summed E-state index contributed by atoms with van der Waals surface area (Å²) in [7, 11) is 0. The van der Waals surface area contributed by atoms with E-state index in [-0.39, 0.29) is 6.04 Å². The first-order valence-corrected chi connectivity index (χ1v) is 10.4. The van der Waals surface area contributed by atoms with Gasteiger partial charge in [-0.1, -0.05) is 0 Å². The third-order valence-corrected chi connectivity index (χ3v) is 7.70. The highest BCUT2D eigenvalue weighted by Gasteiger charge is 2.63. The maximum atomic E-state index is 13.4. The van der Waals surface area contributed by atoms with Crippen LogP contribution in [0.25, 0.3) is 0 Å². The smallest absolute Gasteiger partial charge is 0.419 e. The Morgan fingerprint density at radius 1 is 1.14 bits per heavy atom. The fourth-order valence-corrected chi connectivity index (χ4v) is 6.11. The summed E-state index contributed by atoms with van der Waals surface area (Å²) in [4.78, 5) is 2.34. The fourth-order valence-electron chi connectivity index (χ4n) is 6.11. The van der Waals surface area contributed by atoms with Crippen LogP contribution < -0.4 is 5.32 Å². The zero-order chi connectivity index (χ0) is 19.7. The van der Waals surface area contributed by atoms with Crippen molar-refractivity contribution >= 4 is 0 Å². The monoisotopic (exact) mass is 396 g/mol. The minimum atomic E-state index is -4.58. The first-order chi connectivity index (χ1) is 13.2. The van der Waals surface area contributed by atoms with E-state index in [4.69, 9.17) is 0 Å². The minimum Gasteiger partial charge on any atom is -0.507 e. The lowest BCUT2D eigenvalue weighted by Gasteiger charge is -2.61. The van der Waals surface area contributed by atoms with E-state index in [9.17, 15) is 23.4 Å². The topological polar surface area (TPSA) is 55.7 Å². The molecule has 2 saturated heterocycles. The first-order valence-electron chi connectivity index (χ1n) is 10.4. The van der Waals surface area contributed by atoms with Gasteiger partial charge in [0.2, 0.25) is 0 Å². The lowest BCUT2D eigenvalue weighted by atomic mass is 9.52. The van der Waals surface area contributed by atoms with E-state index >= 15 is 0 Å². The second kappa shape index (κ2) is 6.09. The van der Waals surface area contributed by atoms with Gasteiger partial charge in [0, 0.05) is 18.0 Å². The molecule has 3 fully saturated rings. The van der Waals surface area contributed by atoms with E-state index in [1.165, 1.54) is 18.9 Å². The van der Waals surface area contributed by atoms with Gasteiger partial charge < -0.3 is 15.5 Å². The SMILES string of the molecule is Oc1cc2c(cc1C(F)(F)F)CC1N(CC3CC3)CCC23CCNCCC13O. The summed E-state index contributed by atoms with van der Waals surface area (Å²) in [5.41, 5.74) is -1.18. The number of aliphatic hydroxyl groups is 1. The molecule has 5 rings (SSSR count). The number of likely N-dealkylation sites (tertiary alicyclic amines) is 1. The zero-order valence-electron chi connectivity index (χ0n) is 15.9. The highest BCUT2D eigenvalue weighted by atomic mass is 19.4. The molecule has 2 heterocycles. The number of halogens is 3. The first kappa shape index (κ1) is 18.7. The number of phenols is 1. The average molecular weight is 396 g/mol. The molecule has 7 heteroatoms. The van der Waals surface area contributed by atoms with Gasteiger partial charge in [-0.05, 0) is 87.3 Å². The molecule has 3 N–H and O–H groups in total. The van der Waals surface area contributed by atoms with E-state index in [0.717, 1.165) is 31.3 Å². The Hall–Kier alpha value is -1.31. The van der Waals surface area contributed by atoms with Crippen molar-refractivity contribution in [3.05, 3.63) is 28.8 Å². The summed E-state index contributed by atoms with van der Waals surface area (Å²) < 4.78 is 40.2.